The van der Waals surface area contributed by atoms with Gasteiger partial charge < -0.3 is 10.6 Å². The van der Waals surface area contributed by atoms with E-state index < -0.39 is 0 Å². The van der Waals surface area contributed by atoms with Crippen LogP contribution in [0.3, 0.4) is 0 Å². The van der Waals surface area contributed by atoms with Crippen LogP contribution in [0.5, 0.6) is 0 Å². The van der Waals surface area contributed by atoms with Crippen molar-refractivity contribution in [2.24, 2.45) is 29.4 Å². The summed E-state index contributed by atoms with van der Waals surface area (Å²) in [4.78, 5) is 2.74. The molecule has 2 rings (SSSR count). The molecule has 3 atom stereocenters. The number of nitrogens with zero attached hydrogens (tertiary/aromatic N) is 1. The van der Waals surface area contributed by atoms with Gasteiger partial charge in [-0.2, -0.15) is 0 Å². The molecular weight excluding hydrogens is 220 g/mol. The van der Waals surface area contributed by atoms with E-state index in [1.165, 1.54) is 58.2 Å². The maximum absolute atomic E-state index is 5.91. The third kappa shape index (κ3) is 4.24. The molecule has 2 fully saturated rings. The maximum atomic E-state index is 5.91. The summed E-state index contributed by atoms with van der Waals surface area (Å²) in [7, 11) is 0. The van der Waals surface area contributed by atoms with Crippen molar-refractivity contribution >= 4 is 0 Å². The lowest BCUT2D eigenvalue weighted by Crippen LogP contribution is -2.43. The quantitative estimate of drug-likeness (QED) is 0.787. The largest absolute Gasteiger partial charge is 0.330 e. The van der Waals surface area contributed by atoms with Gasteiger partial charge in [-0.15, -0.1) is 0 Å². The Morgan fingerprint density at radius 1 is 1.17 bits per heavy atom. The molecule has 2 aliphatic rings. The van der Waals surface area contributed by atoms with Gasteiger partial charge in [0.2, 0.25) is 0 Å². The summed E-state index contributed by atoms with van der Waals surface area (Å²) in [5.74, 6) is 3.56. The first-order valence-corrected chi connectivity index (χ1v) is 8.09. The van der Waals surface area contributed by atoms with Crippen molar-refractivity contribution in [3.63, 3.8) is 0 Å². The predicted octanol–water partition coefficient (Wildman–Crippen LogP) is 3.12. The average molecular weight is 252 g/mol. The van der Waals surface area contributed by atoms with Crippen LogP contribution in [0.2, 0.25) is 0 Å². The van der Waals surface area contributed by atoms with Crippen molar-refractivity contribution < 1.29 is 0 Å². The van der Waals surface area contributed by atoms with Gasteiger partial charge in [-0.1, -0.05) is 20.3 Å². The zero-order valence-electron chi connectivity index (χ0n) is 12.4. The van der Waals surface area contributed by atoms with Crippen molar-refractivity contribution in [3.8, 4) is 0 Å². The van der Waals surface area contributed by atoms with E-state index in [0.29, 0.717) is 0 Å². The van der Waals surface area contributed by atoms with E-state index in [9.17, 15) is 0 Å². The third-order valence-electron chi connectivity index (χ3n) is 4.92. The zero-order valence-corrected chi connectivity index (χ0v) is 12.4. The molecule has 0 spiro atoms. The fraction of sp³-hybridized carbons (Fsp3) is 1.00. The van der Waals surface area contributed by atoms with Crippen LogP contribution in [0, 0.1) is 23.7 Å². The number of hydrogen-bond donors (Lipinski definition) is 1. The number of likely N-dealkylation sites (tertiary alicyclic amines) is 1. The van der Waals surface area contributed by atoms with Gasteiger partial charge in [0, 0.05) is 13.1 Å². The highest BCUT2D eigenvalue weighted by Crippen LogP contribution is 2.34. The minimum atomic E-state index is 0.742. The van der Waals surface area contributed by atoms with Crippen LogP contribution in [-0.4, -0.2) is 31.1 Å². The van der Waals surface area contributed by atoms with Crippen LogP contribution in [-0.2, 0) is 0 Å². The highest BCUT2D eigenvalue weighted by atomic mass is 15.1. The van der Waals surface area contributed by atoms with Crippen LogP contribution in [0.1, 0.15) is 52.4 Å². The summed E-state index contributed by atoms with van der Waals surface area (Å²) in [6, 6.07) is 0. The van der Waals surface area contributed by atoms with Gasteiger partial charge in [-0.25, -0.2) is 0 Å². The number of rotatable bonds is 6. The van der Waals surface area contributed by atoms with E-state index >= 15 is 0 Å². The molecule has 2 N–H and O–H groups in total. The summed E-state index contributed by atoms with van der Waals surface area (Å²) in [5.41, 5.74) is 5.91. The van der Waals surface area contributed by atoms with E-state index in [1.54, 1.807) is 0 Å². The molecule has 18 heavy (non-hydrogen) atoms. The molecule has 1 aliphatic carbocycles. The summed E-state index contributed by atoms with van der Waals surface area (Å²) in [5, 5.41) is 0. The molecule has 0 aromatic carbocycles. The summed E-state index contributed by atoms with van der Waals surface area (Å²) < 4.78 is 0. The van der Waals surface area contributed by atoms with E-state index in [4.69, 9.17) is 5.73 Å². The summed E-state index contributed by atoms with van der Waals surface area (Å²) in [6.45, 7) is 9.54. The molecule has 3 unspecified atom stereocenters. The molecule has 2 bridgehead atoms. The van der Waals surface area contributed by atoms with Crippen molar-refractivity contribution in [2.45, 2.75) is 52.4 Å². The van der Waals surface area contributed by atoms with Gasteiger partial charge in [0.1, 0.15) is 0 Å². The Morgan fingerprint density at radius 3 is 2.39 bits per heavy atom. The van der Waals surface area contributed by atoms with E-state index in [1.807, 2.05) is 0 Å². The van der Waals surface area contributed by atoms with E-state index in [2.05, 4.69) is 18.7 Å². The van der Waals surface area contributed by atoms with Crippen molar-refractivity contribution in [2.75, 3.05) is 26.2 Å². The highest BCUT2D eigenvalue weighted by molar-refractivity contribution is 4.83. The highest BCUT2D eigenvalue weighted by Gasteiger charge is 2.30. The normalized spacial score (nSPS) is 30.7. The Balaban J connectivity index is 1.72. The van der Waals surface area contributed by atoms with E-state index in [0.717, 1.165) is 30.2 Å². The number of piperidine rings is 1. The molecule has 1 saturated carbocycles. The number of nitrogens with two attached hydrogens (primary N) is 1. The molecule has 0 radical (unpaired) electrons. The molecule has 2 heteroatoms. The van der Waals surface area contributed by atoms with Crippen LogP contribution in [0.4, 0.5) is 0 Å². The van der Waals surface area contributed by atoms with Gasteiger partial charge >= 0.3 is 0 Å². The van der Waals surface area contributed by atoms with Crippen LogP contribution in [0.15, 0.2) is 0 Å². The second-order valence-corrected chi connectivity index (χ2v) is 7.18. The molecule has 0 aromatic heterocycles. The Hall–Kier alpha value is -0.0800. The summed E-state index contributed by atoms with van der Waals surface area (Å²) in [6.07, 6.45) is 8.59. The molecular formula is C16H32N2. The van der Waals surface area contributed by atoms with E-state index in [-0.39, 0.29) is 0 Å². The molecule has 106 valence electrons. The smallest absolute Gasteiger partial charge is 0.000988 e. The third-order valence-corrected chi connectivity index (χ3v) is 4.92. The Bertz CT molecular complexity index is 227. The summed E-state index contributed by atoms with van der Waals surface area (Å²) >= 11 is 0. The monoisotopic (exact) mass is 252 g/mol. The van der Waals surface area contributed by atoms with Crippen LogP contribution in [0.25, 0.3) is 0 Å². The van der Waals surface area contributed by atoms with Gasteiger partial charge in [-0.3, -0.25) is 0 Å². The Labute approximate surface area is 113 Å². The Kier molecular flexibility index (Phi) is 5.50. The van der Waals surface area contributed by atoms with Crippen molar-refractivity contribution in [3.05, 3.63) is 0 Å². The molecule has 0 aromatic rings. The number of fused-ring (bicyclic) bond motifs is 2. The molecule has 1 heterocycles. The van der Waals surface area contributed by atoms with Gasteiger partial charge in [0.25, 0.3) is 0 Å². The topological polar surface area (TPSA) is 29.3 Å². The lowest BCUT2D eigenvalue weighted by atomic mass is 9.78. The van der Waals surface area contributed by atoms with Crippen LogP contribution >= 0.6 is 0 Å². The Morgan fingerprint density at radius 2 is 1.83 bits per heavy atom. The van der Waals surface area contributed by atoms with Crippen molar-refractivity contribution in [1.82, 2.24) is 4.90 Å². The lowest BCUT2D eigenvalue weighted by molar-refractivity contribution is 0.0809. The molecule has 2 nitrogen and oxygen atoms in total. The molecule has 1 aliphatic heterocycles. The molecule has 1 saturated heterocycles. The maximum Gasteiger partial charge on any atom is 0.000988 e. The second kappa shape index (κ2) is 6.91. The first-order valence-electron chi connectivity index (χ1n) is 8.09. The fourth-order valence-corrected chi connectivity index (χ4v) is 4.09. The SMILES string of the molecule is CC(C)CC(CN)CCN1CC2CCCC(C2)C1. The van der Waals surface area contributed by atoms with Gasteiger partial charge in [0.15, 0.2) is 0 Å². The van der Waals surface area contributed by atoms with Gasteiger partial charge in [-0.05, 0) is 68.9 Å². The minimum Gasteiger partial charge on any atom is -0.330 e. The minimum absolute atomic E-state index is 0.742. The second-order valence-electron chi connectivity index (χ2n) is 7.18. The average Bonchev–Trinajstić information content (AvgIpc) is 2.33. The zero-order chi connectivity index (χ0) is 13.0. The first kappa shape index (κ1) is 14.3. The number of hydrogen-bond acceptors (Lipinski definition) is 2. The molecule has 0 amide bonds. The van der Waals surface area contributed by atoms with Crippen LogP contribution < -0.4 is 5.73 Å². The lowest BCUT2D eigenvalue weighted by Gasteiger charge is -2.41. The first-order chi connectivity index (χ1) is 8.67. The standard InChI is InChI=1S/C16H32N2/c1-13(2)8-14(10-17)6-7-18-11-15-4-3-5-16(9-15)12-18/h13-16H,3-12,17H2,1-2H3. The van der Waals surface area contributed by atoms with Crippen molar-refractivity contribution in [1.29, 1.82) is 0 Å². The fourth-order valence-electron chi connectivity index (χ4n) is 4.09. The predicted molar refractivity (Wildman–Crippen MR) is 78.5 cm³/mol. The van der Waals surface area contributed by atoms with Gasteiger partial charge in [0.05, 0.1) is 0 Å².